The molecule has 6 nitrogen and oxygen atoms in total. The van der Waals surface area contributed by atoms with Gasteiger partial charge in [-0.15, -0.1) is 11.8 Å². The summed E-state index contributed by atoms with van der Waals surface area (Å²) in [5.41, 5.74) is 3.56. The summed E-state index contributed by atoms with van der Waals surface area (Å²) in [5, 5.41) is 10.2. The number of nitrogens with zero attached hydrogens (tertiary/aromatic N) is 1. The number of amides is 1. The highest BCUT2D eigenvalue weighted by molar-refractivity contribution is 8.10. The number of anilines is 1. The molecule has 7 heteroatoms. The van der Waals surface area contributed by atoms with Gasteiger partial charge in [0.05, 0.1) is 20.3 Å². The third-order valence-corrected chi connectivity index (χ3v) is 7.54. The molecule has 0 saturated carbocycles. The smallest absolute Gasteiger partial charge is 0.323 e. The largest absolute Gasteiger partial charge is 0.503 e. The molecule has 0 fully saturated rings. The van der Waals surface area contributed by atoms with Gasteiger partial charge in [0.1, 0.15) is 11.0 Å². The van der Waals surface area contributed by atoms with Crippen LogP contribution in [0.25, 0.3) is 10.5 Å². The molecule has 0 unspecified atom stereocenters. The fourth-order valence-corrected chi connectivity index (χ4v) is 5.98. The summed E-state index contributed by atoms with van der Waals surface area (Å²) in [4.78, 5) is 28.9. The maximum absolute atomic E-state index is 13.5. The number of ether oxygens (including phenoxy) is 2. The minimum Gasteiger partial charge on any atom is -0.503 e. The van der Waals surface area contributed by atoms with E-state index in [0.717, 1.165) is 21.6 Å². The Morgan fingerprint density at radius 3 is 2.06 bits per heavy atom. The van der Waals surface area contributed by atoms with Crippen molar-refractivity contribution in [3.05, 3.63) is 107 Å². The first kappa shape index (κ1) is 22.8. The van der Waals surface area contributed by atoms with Crippen molar-refractivity contribution in [2.45, 2.75) is 11.3 Å². The van der Waals surface area contributed by atoms with Crippen LogP contribution in [0.3, 0.4) is 0 Å². The predicted octanol–water partition coefficient (Wildman–Crippen LogP) is 5.08. The van der Waals surface area contributed by atoms with Crippen molar-refractivity contribution in [2.75, 3.05) is 19.1 Å². The van der Waals surface area contributed by atoms with Crippen molar-refractivity contribution in [3.63, 3.8) is 0 Å². The Balaban J connectivity index is 1.80. The summed E-state index contributed by atoms with van der Waals surface area (Å²) >= 11 is 1.29. The SMILES string of the molecule is COC(=O)[C@H]1SC(c2ccccc2)=C(c2ccccc2)[C@H]2C1=C(O)C(=O)N2c1ccc(OC)cc1. The average Bonchev–Trinajstić information content (AvgIpc) is 3.18. The number of methoxy groups -OCH3 is 2. The molecule has 0 radical (unpaired) electrons. The van der Waals surface area contributed by atoms with Crippen LogP contribution in [0.5, 0.6) is 5.75 Å². The summed E-state index contributed by atoms with van der Waals surface area (Å²) in [6, 6.07) is 25.8. The standard InChI is InChI=1S/C28H23NO5S/c1-33-20-15-13-19(14-16-20)29-23-21(17-9-5-3-6-10-17)25(18-11-7-4-8-12-18)35-26(28(32)34-2)22(23)24(30)27(29)31/h3-16,23,26,30H,1-2H3/t23-,26-/m0/s1. The number of hydrogen-bond acceptors (Lipinski definition) is 6. The van der Waals surface area contributed by atoms with Gasteiger partial charge in [-0.1, -0.05) is 60.7 Å². The normalized spacial score (nSPS) is 19.6. The quantitative estimate of drug-likeness (QED) is 0.508. The summed E-state index contributed by atoms with van der Waals surface area (Å²) in [5.74, 6) is -0.860. The van der Waals surface area contributed by atoms with Crippen LogP contribution in [-0.4, -0.2) is 42.5 Å². The Bertz CT molecular complexity index is 1330. The molecule has 176 valence electrons. The van der Waals surface area contributed by atoms with Gasteiger partial charge in [-0.05, 0) is 35.4 Å². The van der Waals surface area contributed by atoms with Crippen LogP contribution in [-0.2, 0) is 14.3 Å². The van der Waals surface area contributed by atoms with Gasteiger partial charge in [-0.3, -0.25) is 14.5 Å². The van der Waals surface area contributed by atoms with Crippen LogP contribution in [0.2, 0.25) is 0 Å². The van der Waals surface area contributed by atoms with Crippen LogP contribution in [0.4, 0.5) is 5.69 Å². The van der Waals surface area contributed by atoms with Gasteiger partial charge in [0.2, 0.25) is 0 Å². The molecular formula is C28H23NO5S. The summed E-state index contributed by atoms with van der Waals surface area (Å²) < 4.78 is 10.4. The van der Waals surface area contributed by atoms with Crippen molar-refractivity contribution in [3.8, 4) is 5.75 Å². The number of hydrogen-bond donors (Lipinski definition) is 1. The molecule has 0 saturated heterocycles. The lowest BCUT2D eigenvalue weighted by molar-refractivity contribution is -0.139. The second-order valence-electron chi connectivity index (χ2n) is 8.08. The molecule has 3 aromatic rings. The first-order valence-corrected chi connectivity index (χ1v) is 11.9. The molecule has 35 heavy (non-hydrogen) atoms. The fourth-order valence-electron chi connectivity index (χ4n) is 4.56. The van der Waals surface area contributed by atoms with Crippen molar-refractivity contribution in [1.82, 2.24) is 0 Å². The van der Waals surface area contributed by atoms with E-state index in [1.807, 2.05) is 60.7 Å². The lowest BCUT2D eigenvalue weighted by Gasteiger charge is -2.36. The van der Waals surface area contributed by atoms with Crippen LogP contribution in [0.1, 0.15) is 11.1 Å². The minimum absolute atomic E-state index is 0.334. The number of benzene rings is 3. The Kier molecular flexibility index (Phi) is 6.09. The molecule has 0 spiro atoms. The lowest BCUT2D eigenvalue weighted by Crippen LogP contribution is -2.41. The van der Waals surface area contributed by atoms with E-state index in [1.54, 1.807) is 36.3 Å². The second-order valence-corrected chi connectivity index (χ2v) is 9.19. The minimum atomic E-state index is -0.875. The fraction of sp³-hybridized carbons (Fsp3) is 0.143. The van der Waals surface area contributed by atoms with Crippen molar-refractivity contribution >= 4 is 39.8 Å². The molecule has 1 amide bonds. The van der Waals surface area contributed by atoms with Crippen LogP contribution < -0.4 is 9.64 Å². The number of carbonyl (C=O) groups is 2. The second kappa shape index (κ2) is 9.35. The van der Waals surface area contributed by atoms with E-state index in [0.29, 0.717) is 17.0 Å². The van der Waals surface area contributed by atoms with Gasteiger partial charge in [0.25, 0.3) is 5.91 Å². The zero-order chi connectivity index (χ0) is 24.5. The average molecular weight is 486 g/mol. The number of esters is 1. The zero-order valence-corrected chi connectivity index (χ0v) is 20.0. The topological polar surface area (TPSA) is 76.1 Å². The van der Waals surface area contributed by atoms with Gasteiger partial charge in [0.15, 0.2) is 5.76 Å². The van der Waals surface area contributed by atoms with Crippen molar-refractivity contribution in [2.24, 2.45) is 0 Å². The molecular weight excluding hydrogens is 462 g/mol. The van der Waals surface area contributed by atoms with E-state index >= 15 is 0 Å². The number of thioether (sulfide) groups is 1. The number of carbonyl (C=O) groups excluding carboxylic acids is 2. The maximum atomic E-state index is 13.5. The van der Waals surface area contributed by atoms with Crippen molar-refractivity contribution < 1.29 is 24.2 Å². The molecule has 2 aliphatic rings. The van der Waals surface area contributed by atoms with E-state index in [2.05, 4.69) is 0 Å². The Labute approximate surface area is 207 Å². The molecule has 2 atom stereocenters. The highest BCUT2D eigenvalue weighted by Crippen LogP contribution is 2.53. The van der Waals surface area contributed by atoms with E-state index in [-0.39, 0.29) is 0 Å². The number of aliphatic hydroxyl groups excluding tert-OH is 1. The molecule has 2 heterocycles. The van der Waals surface area contributed by atoms with Crippen LogP contribution >= 0.6 is 11.8 Å². The van der Waals surface area contributed by atoms with Gasteiger partial charge in [0, 0.05) is 21.7 Å². The third kappa shape index (κ3) is 3.88. The van der Waals surface area contributed by atoms with Crippen molar-refractivity contribution in [1.29, 1.82) is 0 Å². The molecule has 1 N–H and O–H groups in total. The third-order valence-electron chi connectivity index (χ3n) is 6.17. The summed E-state index contributed by atoms with van der Waals surface area (Å²) in [7, 11) is 2.88. The molecule has 5 rings (SSSR count). The maximum Gasteiger partial charge on any atom is 0.323 e. The Morgan fingerprint density at radius 1 is 0.886 bits per heavy atom. The highest BCUT2D eigenvalue weighted by atomic mass is 32.2. The molecule has 3 aromatic carbocycles. The Morgan fingerprint density at radius 2 is 1.49 bits per heavy atom. The predicted molar refractivity (Wildman–Crippen MR) is 137 cm³/mol. The van der Waals surface area contributed by atoms with Crippen LogP contribution in [0.15, 0.2) is 96.3 Å². The zero-order valence-electron chi connectivity index (χ0n) is 19.2. The van der Waals surface area contributed by atoms with Gasteiger partial charge in [-0.2, -0.15) is 0 Å². The monoisotopic (exact) mass is 485 g/mol. The molecule has 0 bridgehead atoms. The van der Waals surface area contributed by atoms with Gasteiger partial charge in [-0.25, -0.2) is 0 Å². The van der Waals surface area contributed by atoms with E-state index in [4.69, 9.17) is 9.47 Å². The van der Waals surface area contributed by atoms with Gasteiger partial charge < -0.3 is 14.6 Å². The number of rotatable bonds is 5. The summed E-state index contributed by atoms with van der Waals surface area (Å²) in [6.45, 7) is 0. The highest BCUT2D eigenvalue weighted by Gasteiger charge is 2.51. The first-order chi connectivity index (χ1) is 17.0. The molecule has 0 aliphatic carbocycles. The van der Waals surface area contributed by atoms with E-state index in [9.17, 15) is 14.7 Å². The number of aliphatic hydroxyl groups is 1. The first-order valence-electron chi connectivity index (χ1n) is 11.0. The number of fused-ring (bicyclic) bond motifs is 1. The summed E-state index contributed by atoms with van der Waals surface area (Å²) in [6.07, 6.45) is 0. The lowest BCUT2D eigenvalue weighted by atomic mass is 9.88. The molecule has 0 aromatic heterocycles. The van der Waals surface area contributed by atoms with E-state index in [1.165, 1.54) is 18.9 Å². The van der Waals surface area contributed by atoms with Gasteiger partial charge >= 0.3 is 5.97 Å². The Hall–Kier alpha value is -3.97. The van der Waals surface area contributed by atoms with E-state index < -0.39 is 28.9 Å². The van der Waals surface area contributed by atoms with Crippen LogP contribution in [0, 0.1) is 0 Å². The molecule has 2 aliphatic heterocycles.